The van der Waals surface area contributed by atoms with Crippen molar-refractivity contribution in [3.05, 3.63) is 12.1 Å². The van der Waals surface area contributed by atoms with E-state index in [1.807, 2.05) is 18.0 Å². The third-order valence-corrected chi connectivity index (χ3v) is 2.99. The summed E-state index contributed by atoms with van der Waals surface area (Å²) in [6, 6.07) is 3.69. The number of nitrogens with two attached hydrogens (primary N) is 1. The molecular weight excluding hydrogens is 232 g/mol. The molecule has 1 aliphatic heterocycles. The predicted molar refractivity (Wildman–Crippen MR) is 71.4 cm³/mol. The van der Waals surface area contributed by atoms with Crippen molar-refractivity contribution in [1.29, 1.82) is 0 Å². The van der Waals surface area contributed by atoms with Crippen LogP contribution in [0, 0.1) is 0 Å². The molecule has 1 aromatic carbocycles. The van der Waals surface area contributed by atoms with Gasteiger partial charge in [-0.1, -0.05) is 0 Å². The molecule has 0 saturated carbocycles. The Morgan fingerprint density at radius 2 is 1.94 bits per heavy atom. The largest absolute Gasteiger partial charge is 0.486 e. The van der Waals surface area contributed by atoms with Gasteiger partial charge in [-0.15, -0.1) is 0 Å². The lowest BCUT2D eigenvalue weighted by Gasteiger charge is -2.25. The number of nitrogens with zero attached hydrogens (tertiary/aromatic N) is 1. The number of fused-ring (bicyclic) bond motifs is 1. The van der Waals surface area contributed by atoms with Crippen molar-refractivity contribution in [3.63, 3.8) is 0 Å². The quantitative estimate of drug-likeness (QED) is 0.789. The second kappa shape index (κ2) is 5.35. The third kappa shape index (κ3) is 2.79. The van der Waals surface area contributed by atoms with Gasteiger partial charge in [-0.2, -0.15) is 0 Å². The molecule has 1 heterocycles. The molecule has 5 nitrogen and oxygen atoms in total. The molecule has 1 aromatic rings. The first kappa shape index (κ1) is 12.8. The first-order valence-electron chi connectivity index (χ1n) is 6.16. The summed E-state index contributed by atoms with van der Waals surface area (Å²) in [5.74, 6) is 1.43. The van der Waals surface area contributed by atoms with Crippen LogP contribution in [0.1, 0.15) is 13.3 Å². The SMILES string of the molecule is CC(O)CCN(C)c1cc2c(cc1N)OCCO2. The molecule has 5 heteroatoms. The summed E-state index contributed by atoms with van der Waals surface area (Å²) < 4.78 is 11.0. The molecule has 3 N–H and O–H groups in total. The van der Waals surface area contributed by atoms with Crippen molar-refractivity contribution in [2.24, 2.45) is 0 Å². The van der Waals surface area contributed by atoms with Gasteiger partial charge < -0.3 is 25.2 Å². The van der Waals surface area contributed by atoms with E-state index in [1.165, 1.54) is 0 Å². The monoisotopic (exact) mass is 252 g/mol. The minimum Gasteiger partial charge on any atom is -0.486 e. The van der Waals surface area contributed by atoms with Gasteiger partial charge in [-0.3, -0.25) is 0 Å². The Morgan fingerprint density at radius 1 is 1.33 bits per heavy atom. The van der Waals surface area contributed by atoms with Crippen LogP contribution < -0.4 is 20.1 Å². The van der Waals surface area contributed by atoms with E-state index in [-0.39, 0.29) is 6.10 Å². The lowest BCUT2D eigenvalue weighted by atomic mass is 10.2. The molecular formula is C13H20N2O3. The van der Waals surface area contributed by atoms with E-state index in [9.17, 15) is 5.11 Å². The Bertz CT molecular complexity index is 421. The molecule has 100 valence electrons. The molecule has 0 radical (unpaired) electrons. The lowest BCUT2D eigenvalue weighted by molar-refractivity contribution is 0.171. The van der Waals surface area contributed by atoms with Gasteiger partial charge in [-0.25, -0.2) is 0 Å². The Morgan fingerprint density at radius 3 is 2.56 bits per heavy atom. The number of aliphatic hydroxyl groups is 1. The number of anilines is 2. The number of hydrogen-bond donors (Lipinski definition) is 2. The average Bonchev–Trinajstić information content (AvgIpc) is 2.35. The van der Waals surface area contributed by atoms with Crippen molar-refractivity contribution < 1.29 is 14.6 Å². The van der Waals surface area contributed by atoms with E-state index < -0.39 is 0 Å². The Labute approximate surface area is 107 Å². The molecule has 2 rings (SSSR count). The zero-order valence-electron chi connectivity index (χ0n) is 10.8. The summed E-state index contributed by atoms with van der Waals surface area (Å²) in [5, 5.41) is 9.31. The number of rotatable bonds is 4. The van der Waals surface area contributed by atoms with Gasteiger partial charge in [0.15, 0.2) is 11.5 Å². The van der Waals surface area contributed by atoms with Crippen LogP contribution >= 0.6 is 0 Å². The predicted octanol–water partition coefficient (Wildman–Crippen LogP) is 1.25. The maximum Gasteiger partial charge on any atom is 0.163 e. The van der Waals surface area contributed by atoms with Gasteiger partial charge in [0.2, 0.25) is 0 Å². The lowest BCUT2D eigenvalue weighted by Crippen LogP contribution is -2.23. The van der Waals surface area contributed by atoms with Crippen LogP contribution in [-0.4, -0.2) is 38.0 Å². The molecule has 0 spiro atoms. The second-order valence-corrected chi connectivity index (χ2v) is 4.61. The van der Waals surface area contributed by atoms with Crippen LogP contribution in [0.3, 0.4) is 0 Å². The molecule has 18 heavy (non-hydrogen) atoms. The number of aliphatic hydroxyl groups excluding tert-OH is 1. The van der Waals surface area contributed by atoms with E-state index in [0.717, 1.165) is 18.0 Å². The molecule has 0 bridgehead atoms. The molecule has 0 saturated heterocycles. The summed E-state index contributed by atoms with van der Waals surface area (Å²) in [6.45, 7) is 3.64. The summed E-state index contributed by atoms with van der Waals surface area (Å²) in [4.78, 5) is 2.01. The minimum atomic E-state index is -0.314. The highest BCUT2D eigenvalue weighted by atomic mass is 16.6. The van der Waals surface area contributed by atoms with Crippen molar-refractivity contribution in [3.8, 4) is 11.5 Å². The molecule has 0 fully saturated rings. The highest BCUT2D eigenvalue weighted by molar-refractivity contribution is 5.73. The molecule has 1 atom stereocenters. The average molecular weight is 252 g/mol. The highest BCUT2D eigenvalue weighted by Crippen LogP contribution is 2.38. The topological polar surface area (TPSA) is 68.0 Å². The van der Waals surface area contributed by atoms with Crippen LogP contribution in [0.5, 0.6) is 11.5 Å². The van der Waals surface area contributed by atoms with Crippen LogP contribution in [0.4, 0.5) is 11.4 Å². The first-order chi connectivity index (χ1) is 8.58. The van der Waals surface area contributed by atoms with Gasteiger partial charge in [0.05, 0.1) is 17.5 Å². The molecule has 0 aliphatic carbocycles. The Kier molecular flexibility index (Phi) is 3.81. The van der Waals surface area contributed by atoms with E-state index in [4.69, 9.17) is 15.2 Å². The fraction of sp³-hybridized carbons (Fsp3) is 0.538. The van der Waals surface area contributed by atoms with Gasteiger partial charge in [-0.05, 0) is 13.3 Å². The third-order valence-electron chi connectivity index (χ3n) is 2.99. The van der Waals surface area contributed by atoms with E-state index in [0.29, 0.717) is 31.1 Å². The summed E-state index contributed by atoms with van der Waals surface area (Å²) in [6.07, 6.45) is 0.385. The number of benzene rings is 1. The van der Waals surface area contributed by atoms with Gasteiger partial charge in [0.25, 0.3) is 0 Å². The van der Waals surface area contributed by atoms with E-state index >= 15 is 0 Å². The summed E-state index contributed by atoms with van der Waals surface area (Å²) >= 11 is 0. The minimum absolute atomic E-state index is 0.314. The van der Waals surface area contributed by atoms with E-state index in [2.05, 4.69) is 0 Å². The summed E-state index contributed by atoms with van der Waals surface area (Å²) in [5.41, 5.74) is 7.57. The normalized spacial score (nSPS) is 15.3. The zero-order chi connectivity index (χ0) is 13.1. The fourth-order valence-electron chi connectivity index (χ4n) is 1.93. The number of ether oxygens (including phenoxy) is 2. The first-order valence-corrected chi connectivity index (χ1v) is 6.16. The second-order valence-electron chi connectivity index (χ2n) is 4.61. The maximum absolute atomic E-state index is 9.31. The molecule has 0 aromatic heterocycles. The number of nitrogen functional groups attached to an aromatic ring is 1. The zero-order valence-corrected chi connectivity index (χ0v) is 10.8. The van der Waals surface area contributed by atoms with Crippen LogP contribution in [0.2, 0.25) is 0 Å². The van der Waals surface area contributed by atoms with Gasteiger partial charge >= 0.3 is 0 Å². The molecule has 0 amide bonds. The van der Waals surface area contributed by atoms with Crippen LogP contribution in [-0.2, 0) is 0 Å². The van der Waals surface area contributed by atoms with Crippen molar-refractivity contribution in [1.82, 2.24) is 0 Å². The molecule has 1 unspecified atom stereocenters. The van der Waals surface area contributed by atoms with Crippen LogP contribution in [0.15, 0.2) is 12.1 Å². The Balaban J connectivity index is 2.17. The van der Waals surface area contributed by atoms with E-state index in [1.54, 1.807) is 13.0 Å². The number of hydrogen-bond acceptors (Lipinski definition) is 5. The summed E-state index contributed by atoms with van der Waals surface area (Å²) in [7, 11) is 1.95. The smallest absolute Gasteiger partial charge is 0.163 e. The van der Waals surface area contributed by atoms with Gasteiger partial charge in [0, 0.05) is 25.7 Å². The highest BCUT2D eigenvalue weighted by Gasteiger charge is 2.16. The van der Waals surface area contributed by atoms with Crippen LogP contribution in [0.25, 0.3) is 0 Å². The maximum atomic E-state index is 9.31. The standard InChI is InChI=1S/C13H20N2O3/c1-9(16)3-4-15(2)11-8-13-12(7-10(11)14)17-5-6-18-13/h7-9,16H,3-6,14H2,1-2H3. The van der Waals surface area contributed by atoms with Crippen molar-refractivity contribution in [2.45, 2.75) is 19.4 Å². The Hall–Kier alpha value is -1.62. The van der Waals surface area contributed by atoms with Crippen molar-refractivity contribution >= 4 is 11.4 Å². The fourth-order valence-corrected chi connectivity index (χ4v) is 1.93. The van der Waals surface area contributed by atoms with Gasteiger partial charge in [0.1, 0.15) is 13.2 Å². The van der Waals surface area contributed by atoms with Crippen molar-refractivity contribution in [2.75, 3.05) is 37.4 Å². The molecule has 1 aliphatic rings.